The Balaban J connectivity index is 1.76. The molecular formula is C18H25NO3. The van der Waals surface area contributed by atoms with Crippen LogP contribution in [0.5, 0.6) is 11.5 Å². The van der Waals surface area contributed by atoms with Gasteiger partial charge in [0.05, 0.1) is 0 Å². The first kappa shape index (κ1) is 16.4. The fourth-order valence-electron chi connectivity index (χ4n) is 2.43. The van der Waals surface area contributed by atoms with E-state index in [2.05, 4.69) is 19.2 Å². The van der Waals surface area contributed by atoms with E-state index in [0.717, 1.165) is 23.5 Å². The molecule has 1 aromatic rings. The van der Waals surface area contributed by atoms with Gasteiger partial charge in [-0.15, -0.1) is 0 Å². The van der Waals surface area contributed by atoms with E-state index in [0.29, 0.717) is 0 Å². The Kier molecular flexibility index (Phi) is 6.31. The van der Waals surface area contributed by atoms with E-state index in [9.17, 15) is 4.79 Å². The summed E-state index contributed by atoms with van der Waals surface area (Å²) in [6.45, 7) is 4.52. The van der Waals surface area contributed by atoms with Crippen molar-refractivity contribution < 1.29 is 14.3 Å². The molecule has 0 fully saturated rings. The van der Waals surface area contributed by atoms with Gasteiger partial charge in [0.15, 0.2) is 11.5 Å². The average Bonchev–Trinajstić information content (AvgIpc) is 2.97. The molecule has 0 saturated carbocycles. The van der Waals surface area contributed by atoms with Gasteiger partial charge in [-0.05, 0) is 37.1 Å². The lowest BCUT2D eigenvalue weighted by molar-refractivity contribution is -0.117. The lowest BCUT2D eigenvalue weighted by Crippen LogP contribution is -2.30. The van der Waals surface area contributed by atoms with Crippen molar-refractivity contribution in [3.05, 3.63) is 29.8 Å². The van der Waals surface area contributed by atoms with Gasteiger partial charge in [0.25, 0.3) is 0 Å². The Bertz CT molecular complexity index is 525. The van der Waals surface area contributed by atoms with Crippen LogP contribution in [0.3, 0.4) is 0 Å². The lowest BCUT2D eigenvalue weighted by atomic mass is 10.1. The highest BCUT2D eigenvalue weighted by atomic mass is 16.7. The Morgan fingerprint density at radius 3 is 2.91 bits per heavy atom. The van der Waals surface area contributed by atoms with E-state index in [4.69, 9.17) is 9.47 Å². The zero-order valence-corrected chi connectivity index (χ0v) is 13.4. The standard InChI is InChI=1S/C18H25NO3/c1-3-4-5-6-7-14(2)19-18(20)11-9-15-8-10-16-17(12-15)22-13-21-16/h8-12,14H,3-7,13H2,1-2H3,(H,19,20)/b11-9+. The van der Waals surface area contributed by atoms with Crippen molar-refractivity contribution in [2.24, 2.45) is 0 Å². The van der Waals surface area contributed by atoms with Gasteiger partial charge >= 0.3 is 0 Å². The molecule has 0 bridgehead atoms. The second kappa shape index (κ2) is 8.47. The monoisotopic (exact) mass is 303 g/mol. The van der Waals surface area contributed by atoms with Crippen molar-refractivity contribution in [1.82, 2.24) is 5.32 Å². The summed E-state index contributed by atoms with van der Waals surface area (Å²) in [6.07, 6.45) is 9.30. The third-order valence-electron chi connectivity index (χ3n) is 3.70. The van der Waals surface area contributed by atoms with Crippen molar-refractivity contribution in [3.8, 4) is 11.5 Å². The van der Waals surface area contributed by atoms with Gasteiger partial charge in [0, 0.05) is 12.1 Å². The molecule has 1 heterocycles. The molecule has 0 saturated heterocycles. The van der Waals surface area contributed by atoms with Crippen LogP contribution >= 0.6 is 0 Å². The molecule has 4 nitrogen and oxygen atoms in total. The zero-order valence-electron chi connectivity index (χ0n) is 13.4. The number of carbonyl (C=O) groups is 1. The minimum atomic E-state index is -0.0549. The summed E-state index contributed by atoms with van der Waals surface area (Å²) >= 11 is 0. The molecule has 0 radical (unpaired) electrons. The van der Waals surface area contributed by atoms with E-state index in [1.165, 1.54) is 25.7 Å². The summed E-state index contributed by atoms with van der Waals surface area (Å²) in [6, 6.07) is 5.85. The highest BCUT2D eigenvalue weighted by Gasteiger charge is 2.12. The average molecular weight is 303 g/mol. The highest BCUT2D eigenvalue weighted by molar-refractivity contribution is 5.92. The molecule has 1 aliphatic heterocycles. The van der Waals surface area contributed by atoms with E-state index < -0.39 is 0 Å². The Morgan fingerprint density at radius 2 is 2.09 bits per heavy atom. The third-order valence-corrected chi connectivity index (χ3v) is 3.70. The fourth-order valence-corrected chi connectivity index (χ4v) is 2.43. The van der Waals surface area contributed by atoms with Crippen LogP contribution in [0.15, 0.2) is 24.3 Å². The summed E-state index contributed by atoms with van der Waals surface area (Å²) in [5.74, 6) is 1.43. The normalized spacial score (nSPS) is 14.3. The number of hydrogen-bond acceptors (Lipinski definition) is 3. The predicted octanol–water partition coefficient (Wildman–Crippen LogP) is 3.90. The molecule has 1 aliphatic rings. The first-order valence-corrected chi connectivity index (χ1v) is 8.07. The summed E-state index contributed by atoms with van der Waals surface area (Å²) in [4.78, 5) is 11.9. The smallest absolute Gasteiger partial charge is 0.244 e. The lowest BCUT2D eigenvalue weighted by Gasteiger charge is -2.11. The summed E-state index contributed by atoms with van der Waals surface area (Å²) < 4.78 is 10.6. The van der Waals surface area contributed by atoms with Crippen LogP contribution in [0.25, 0.3) is 6.08 Å². The largest absolute Gasteiger partial charge is 0.454 e. The molecule has 1 aromatic carbocycles. The second-order valence-corrected chi connectivity index (χ2v) is 5.71. The summed E-state index contributed by atoms with van der Waals surface area (Å²) in [5, 5.41) is 3.00. The number of hydrogen-bond donors (Lipinski definition) is 1. The fraction of sp³-hybridized carbons (Fsp3) is 0.500. The molecule has 0 aromatic heterocycles. The minimum absolute atomic E-state index is 0.0549. The first-order valence-electron chi connectivity index (χ1n) is 8.07. The molecule has 120 valence electrons. The van der Waals surface area contributed by atoms with Gasteiger partial charge in [-0.1, -0.05) is 38.7 Å². The molecule has 1 unspecified atom stereocenters. The number of nitrogens with one attached hydrogen (secondary N) is 1. The van der Waals surface area contributed by atoms with Crippen LogP contribution in [0.4, 0.5) is 0 Å². The molecule has 4 heteroatoms. The van der Waals surface area contributed by atoms with E-state index in [1.807, 2.05) is 18.2 Å². The zero-order chi connectivity index (χ0) is 15.8. The number of ether oxygens (including phenoxy) is 2. The van der Waals surface area contributed by atoms with Crippen molar-refractivity contribution in [1.29, 1.82) is 0 Å². The topological polar surface area (TPSA) is 47.6 Å². The van der Waals surface area contributed by atoms with Gasteiger partial charge in [-0.2, -0.15) is 0 Å². The quantitative estimate of drug-likeness (QED) is 0.585. The molecule has 1 atom stereocenters. The molecule has 1 N–H and O–H groups in total. The first-order chi connectivity index (χ1) is 10.7. The van der Waals surface area contributed by atoms with Crippen LogP contribution in [0, 0.1) is 0 Å². The van der Waals surface area contributed by atoms with Crippen LogP contribution in [-0.2, 0) is 4.79 Å². The molecule has 0 aliphatic carbocycles. The van der Waals surface area contributed by atoms with Crippen molar-refractivity contribution in [3.63, 3.8) is 0 Å². The van der Waals surface area contributed by atoms with Crippen LogP contribution < -0.4 is 14.8 Å². The Morgan fingerprint density at radius 1 is 1.27 bits per heavy atom. The van der Waals surface area contributed by atoms with E-state index in [1.54, 1.807) is 12.2 Å². The number of fused-ring (bicyclic) bond motifs is 1. The molecule has 1 amide bonds. The maximum atomic E-state index is 11.9. The maximum absolute atomic E-state index is 11.9. The van der Waals surface area contributed by atoms with Gasteiger partial charge in [-0.3, -0.25) is 4.79 Å². The predicted molar refractivity (Wildman–Crippen MR) is 88.0 cm³/mol. The third kappa shape index (κ3) is 5.10. The van der Waals surface area contributed by atoms with Gasteiger partial charge < -0.3 is 14.8 Å². The van der Waals surface area contributed by atoms with Crippen molar-refractivity contribution in [2.75, 3.05) is 6.79 Å². The number of carbonyl (C=O) groups excluding carboxylic acids is 1. The Labute approximate surface area is 132 Å². The second-order valence-electron chi connectivity index (χ2n) is 5.71. The molecule has 22 heavy (non-hydrogen) atoms. The Hall–Kier alpha value is -1.97. The molecule has 0 spiro atoms. The maximum Gasteiger partial charge on any atom is 0.244 e. The number of rotatable bonds is 8. The van der Waals surface area contributed by atoms with Crippen LogP contribution in [0.2, 0.25) is 0 Å². The summed E-state index contributed by atoms with van der Waals surface area (Å²) in [5.41, 5.74) is 0.926. The van der Waals surface area contributed by atoms with Gasteiger partial charge in [0.2, 0.25) is 12.7 Å². The van der Waals surface area contributed by atoms with Gasteiger partial charge in [-0.25, -0.2) is 0 Å². The van der Waals surface area contributed by atoms with Gasteiger partial charge in [0.1, 0.15) is 0 Å². The van der Waals surface area contributed by atoms with Crippen molar-refractivity contribution >= 4 is 12.0 Å². The van der Waals surface area contributed by atoms with Crippen LogP contribution in [0.1, 0.15) is 51.5 Å². The molecular weight excluding hydrogens is 278 g/mol. The van der Waals surface area contributed by atoms with Crippen molar-refractivity contribution in [2.45, 2.75) is 52.0 Å². The van der Waals surface area contributed by atoms with E-state index >= 15 is 0 Å². The number of benzene rings is 1. The minimum Gasteiger partial charge on any atom is -0.454 e. The van der Waals surface area contributed by atoms with Crippen LogP contribution in [-0.4, -0.2) is 18.7 Å². The number of unbranched alkanes of at least 4 members (excludes halogenated alkanes) is 3. The summed E-state index contributed by atoms with van der Waals surface area (Å²) in [7, 11) is 0. The number of amides is 1. The molecule has 2 rings (SSSR count). The van der Waals surface area contributed by atoms with E-state index in [-0.39, 0.29) is 18.7 Å². The highest BCUT2D eigenvalue weighted by Crippen LogP contribution is 2.32. The SMILES string of the molecule is CCCCCCC(C)NC(=O)/C=C/c1ccc2c(c1)OCO2.